The first kappa shape index (κ1) is 44.6. The highest BCUT2D eigenvalue weighted by Gasteiger charge is 2.13. The van der Waals surface area contributed by atoms with Gasteiger partial charge in [0, 0.05) is 17.7 Å². The fourth-order valence-corrected chi connectivity index (χ4v) is 6.31. The van der Waals surface area contributed by atoms with E-state index >= 15 is 0 Å². The molecule has 0 spiro atoms. The van der Waals surface area contributed by atoms with Crippen LogP contribution in [0.25, 0.3) is 10.2 Å². The zero-order valence-corrected chi connectivity index (χ0v) is 34.2. The highest BCUT2D eigenvalue weighted by atomic mass is 32.1. The number of hydrazone groups is 1. The maximum atomic E-state index is 13.1. The van der Waals surface area contributed by atoms with Crippen molar-refractivity contribution in [2.45, 2.75) is 58.0 Å². The number of para-hydroxylation sites is 1. The summed E-state index contributed by atoms with van der Waals surface area (Å²) in [5, 5.41) is 4.99. The molecule has 0 atom stereocenters. The molecule has 14 heteroatoms. The van der Waals surface area contributed by atoms with E-state index in [4.69, 9.17) is 33.5 Å². The summed E-state index contributed by atoms with van der Waals surface area (Å²) in [6, 6.07) is 27.0. The van der Waals surface area contributed by atoms with Crippen molar-refractivity contribution in [3.8, 4) is 23.0 Å². The minimum Gasteiger partial charge on any atom is -0.494 e. The molecule has 0 saturated heterocycles. The minimum atomic E-state index is -0.546. The first-order valence-electron chi connectivity index (χ1n) is 19.7. The van der Waals surface area contributed by atoms with Crippen LogP contribution >= 0.6 is 11.3 Å². The molecular formula is C46H49N3O10S. The molecule has 0 unspecified atom stereocenters. The van der Waals surface area contributed by atoms with Gasteiger partial charge < -0.3 is 28.6 Å². The van der Waals surface area contributed by atoms with Crippen LogP contribution in [0.1, 0.15) is 72.9 Å². The predicted molar refractivity (Wildman–Crippen MR) is 231 cm³/mol. The number of esters is 3. The molecule has 0 aliphatic carbocycles. The molecular weight excluding hydrogens is 787 g/mol. The minimum absolute atomic E-state index is 0.155. The van der Waals surface area contributed by atoms with Crippen molar-refractivity contribution < 1.29 is 47.8 Å². The van der Waals surface area contributed by atoms with Gasteiger partial charge in [0.1, 0.15) is 23.9 Å². The van der Waals surface area contributed by atoms with E-state index in [1.807, 2.05) is 48.5 Å². The average Bonchev–Trinajstić information content (AvgIpc) is 3.69. The summed E-state index contributed by atoms with van der Waals surface area (Å²) in [6.07, 6.45) is 10.9. The normalized spacial score (nSPS) is 10.9. The molecule has 1 heterocycles. The average molecular weight is 836 g/mol. The summed E-state index contributed by atoms with van der Waals surface area (Å²) in [5.41, 5.74) is 5.53. The standard InChI is InChI=1S/C46H49N3O10S/c1-3-43(50)55-29-13-7-5-11-27-53-37-21-17-34(18-22-37)33-57-59-41-26-25-39(31-36(41)32-47-49-46-48-40-15-9-10-16-42(40)60-46)58-45(52)35-19-23-38(24-20-35)54-28-12-6-8-14-30-56-44(51)4-2/h3-4,9-10,15-26,31-32H,1-2,5-8,11-14,27-30,33H2,(H,48,49)/b47-32+. The summed E-state index contributed by atoms with van der Waals surface area (Å²) in [5.74, 6) is 0.663. The van der Waals surface area contributed by atoms with Crippen molar-refractivity contribution in [3.05, 3.63) is 133 Å². The van der Waals surface area contributed by atoms with Crippen LogP contribution in [-0.2, 0) is 30.6 Å². The van der Waals surface area contributed by atoms with Gasteiger partial charge in [-0.1, -0.05) is 48.8 Å². The van der Waals surface area contributed by atoms with Gasteiger partial charge in [0.05, 0.1) is 48.4 Å². The van der Waals surface area contributed by atoms with Gasteiger partial charge in [0.25, 0.3) is 0 Å². The van der Waals surface area contributed by atoms with Crippen LogP contribution in [0.5, 0.6) is 23.0 Å². The molecule has 0 aliphatic rings. The largest absolute Gasteiger partial charge is 0.494 e. The molecule has 0 aliphatic heterocycles. The van der Waals surface area contributed by atoms with Crippen LogP contribution < -0.4 is 24.5 Å². The van der Waals surface area contributed by atoms with E-state index in [0.717, 1.165) is 79.0 Å². The molecule has 0 radical (unpaired) electrons. The van der Waals surface area contributed by atoms with Crippen molar-refractivity contribution in [3.63, 3.8) is 0 Å². The van der Waals surface area contributed by atoms with Crippen LogP contribution in [-0.4, -0.2) is 55.5 Å². The zero-order valence-electron chi connectivity index (χ0n) is 33.4. The maximum Gasteiger partial charge on any atom is 0.343 e. The zero-order chi connectivity index (χ0) is 42.2. The number of hydrogen-bond acceptors (Lipinski definition) is 14. The van der Waals surface area contributed by atoms with Gasteiger partial charge in [-0.15, -0.1) is 0 Å². The number of aromatic nitrogens is 1. The number of carbonyl (C=O) groups is 3. The second-order valence-electron chi connectivity index (χ2n) is 13.2. The van der Waals surface area contributed by atoms with Crippen LogP contribution in [0.2, 0.25) is 0 Å². The second-order valence-corrected chi connectivity index (χ2v) is 14.3. The van der Waals surface area contributed by atoms with Gasteiger partial charge in [-0.2, -0.15) is 9.99 Å². The Morgan fingerprint density at radius 1 is 0.683 bits per heavy atom. The fourth-order valence-electron chi connectivity index (χ4n) is 5.50. The van der Waals surface area contributed by atoms with Gasteiger partial charge in [0.2, 0.25) is 5.13 Å². The highest BCUT2D eigenvalue weighted by molar-refractivity contribution is 7.22. The molecule has 13 nitrogen and oxygen atoms in total. The Labute approximate surface area is 353 Å². The summed E-state index contributed by atoms with van der Waals surface area (Å²) < 4.78 is 28.4. The summed E-state index contributed by atoms with van der Waals surface area (Å²) in [4.78, 5) is 51.2. The molecule has 0 amide bonds. The number of carbonyl (C=O) groups excluding carboxylic acids is 3. The monoisotopic (exact) mass is 835 g/mol. The van der Waals surface area contributed by atoms with E-state index < -0.39 is 17.9 Å². The lowest BCUT2D eigenvalue weighted by atomic mass is 10.2. The summed E-state index contributed by atoms with van der Waals surface area (Å²) in [7, 11) is 0. The highest BCUT2D eigenvalue weighted by Crippen LogP contribution is 2.27. The lowest BCUT2D eigenvalue weighted by Gasteiger charge is -2.11. The number of nitrogens with one attached hydrogen (secondary N) is 1. The number of ether oxygens (including phenoxy) is 5. The Bertz CT molecular complexity index is 2140. The van der Waals surface area contributed by atoms with Crippen molar-refractivity contribution in [1.82, 2.24) is 4.98 Å². The molecule has 0 fully saturated rings. The van der Waals surface area contributed by atoms with E-state index in [1.54, 1.807) is 42.5 Å². The van der Waals surface area contributed by atoms with Gasteiger partial charge in [-0.25, -0.2) is 19.4 Å². The van der Waals surface area contributed by atoms with Crippen LogP contribution in [0, 0.1) is 0 Å². The number of fused-ring (bicyclic) bond motifs is 1. The second kappa shape index (κ2) is 25.1. The van der Waals surface area contributed by atoms with Crippen molar-refractivity contribution in [2.24, 2.45) is 5.10 Å². The predicted octanol–water partition coefficient (Wildman–Crippen LogP) is 9.81. The number of thiazole rings is 1. The van der Waals surface area contributed by atoms with Crippen LogP contribution in [0.4, 0.5) is 5.13 Å². The van der Waals surface area contributed by atoms with E-state index in [-0.39, 0.29) is 12.4 Å². The number of benzene rings is 4. The third kappa shape index (κ3) is 15.7. The Morgan fingerprint density at radius 2 is 1.27 bits per heavy atom. The lowest BCUT2D eigenvalue weighted by molar-refractivity contribution is -0.217. The fraction of sp³-hybridized carbons (Fsp3) is 0.283. The molecule has 314 valence electrons. The molecule has 0 bridgehead atoms. The van der Waals surface area contributed by atoms with Gasteiger partial charge >= 0.3 is 17.9 Å². The third-order valence-electron chi connectivity index (χ3n) is 8.67. The smallest absolute Gasteiger partial charge is 0.343 e. The number of unbranched alkanes of at least 4 members (excludes halogenated alkanes) is 6. The van der Waals surface area contributed by atoms with E-state index in [1.165, 1.54) is 23.6 Å². The third-order valence-corrected chi connectivity index (χ3v) is 9.62. The number of nitrogens with zero attached hydrogens (tertiary/aromatic N) is 2. The Kier molecular flexibility index (Phi) is 18.6. The first-order chi connectivity index (χ1) is 29.4. The SMILES string of the molecule is C=CC(=O)OCCCCCCOc1ccc(COOc2ccc(OC(=O)c3ccc(OCCCCCCOC(=O)C=C)cc3)cc2/C=N/Nc2nc3ccccc3s2)cc1. The van der Waals surface area contributed by atoms with E-state index in [9.17, 15) is 14.4 Å². The molecule has 5 rings (SSSR count). The summed E-state index contributed by atoms with van der Waals surface area (Å²) >= 11 is 1.47. The number of anilines is 1. The van der Waals surface area contributed by atoms with Crippen molar-refractivity contribution >= 4 is 50.8 Å². The Hall–Kier alpha value is -6.51. The summed E-state index contributed by atoms with van der Waals surface area (Å²) in [6.45, 7) is 8.80. The molecule has 1 aromatic heterocycles. The molecule has 4 aromatic carbocycles. The van der Waals surface area contributed by atoms with Gasteiger partial charge in [-0.3, -0.25) is 5.43 Å². The quantitative estimate of drug-likeness (QED) is 0.0102. The maximum absolute atomic E-state index is 13.1. The number of hydrogen-bond donors (Lipinski definition) is 1. The van der Waals surface area contributed by atoms with E-state index in [0.29, 0.717) is 54.2 Å². The van der Waals surface area contributed by atoms with Crippen molar-refractivity contribution in [1.29, 1.82) is 0 Å². The van der Waals surface area contributed by atoms with Gasteiger partial charge in [-0.05, 0) is 124 Å². The Balaban J connectivity index is 1.11. The molecule has 0 saturated carbocycles. The molecule has 1 N–H and O–H groups in total. The van der Waals surface area contributed by atoms with Crippen LogP contribution in [0.3, 0.4) is 0 Å². The Morgan fingerprint density at radius 3 is 1.88 bits per heavy atom. The number of rotatable bonds is 27. The van der Waals surface area contributed by atoms with E-state index in [2.05, 4.69) is 28.7 Å². The lowest BCUT2D eigenvalue weighted by Crippen LogP contribution is -2.09. The van der Waals surface area contributed by atoms with Crippen LogP contribution in [0.15, 0.2) is 121 Å². The van der Waals surface area contributed by atoms with Crippen molar-refractivity contribution in [2.75, 3.05) is 31.9 Å². The first-order valence-corrected chi connectivity index (χ1v) is 20.5. The molecule has 60 heavy (non-hydrogen) atoms. The molecule has 5 aromatic rings. The van der Waals surface area contributed by atoms with Gasteiger partial charge in [0.15, 0.2) is 5.75 Å². The topological polar surface area (TPSA) is 153 Å².